The molecule has 1 aromatic rings. The topological polar surface area (TPSA) is 58.0 Å². The SMILES string of the molecule is CCCc1nc(NCC)cc(SC(C)CCO)n1. The first kappa shape index (κ1) is 15.2. The largest absolute Gasteiger partial charge is 0.396 e. The highest BCUT2D eigenvalue weighted by Gasteiger charge is 2.08. The average Bonchev–Trinajstić information content (AvgIpc) is 2.29. The number of nitrogens with one attached hydrogen (secondary N) is 1. The van der Waals surface area contributed by atoms with Gasteiger partial charge in [0.05, 0.1) is 0 Å². The summed E-state index contributed by atoms with van der Waals surface area (Å²) in [6.07, 6.45) is 2.74. The minimum atomic E-state index is 0.223. The third-order valence-electron chi connectivity index (χ3n) is 2.44. The minimum Gasteiger partial charge on any atom is -0.396 e. The van der Waals surface area contributed by atoms with Gasteiger partial charge in [-0.15, -0.1) is 11.8 Å². The van der Waals surface area contributed by atoms with E-state index in [1.807, 2.05) is 6.07 Å². The second-order valence-electron chi connectivity index (χ2n) is 4.23. The maximum absolute atomic E-state index is 8.93. The van der Waals surface area contributed by atoms with Gasteiger partial charge in [0.25, 0.3) is 0 Å². The summed E-state index contributed by atoms with van der Waals surface area (Å²) in [6, 6.07) is 1.99. The smallest absolute Gasteiger partial charge is 0.132 e. The minimum absolute atomic E-state index is 0.223. The second kappa shape index (κ2) is 8.32. The zero-order chi connectivity index (χ0) is 13.4. The molecular formula is C13H23N3OS. The van der Waals surface area contributed by atoms with E-state index >= 15 is 0 Å². The van der Waals surface area contributed by atoms with Crippen molar-refractivity contribution in [1.82, 2.24) is 9.97 Å². The van der Waals surface area contributed by atoms with Crippen molar-refractivity contribution in [1.29, 1.82) is 0 Å². The molecule has 4 nitrogen and oxygen atoms in total. The fraction of sp³-hybridized carbons (Fsp3) is 0.692. The Balaban J connectivity index is 2.81. The summed E-state index contributed by atoms with van der Waals surface area (Å²) in [6.45, 7) is 7.38. The van der Waals surface area contributed by atoms with Crippen LogP contribution in [0, 0.1) is 0 Å². The van der Waals surface area contributed by atoms with Crippen LogP contribution < -0.4 is 5.32 Å². The quantitative estimate of drug-likeness (QED) is 0.561. The molecule has 1 heterocycles. The number of rotatable bonds is 8. The van der Waals surface area contributed by atoms with E-state index in [0.29, 0.717) is 5.25 Å². The molecule has 1 unspecified atom stereocenters. The Labute approximate surface area is 114 Å². The van der Waals surface area contributed by atoms with Crippen molar-refractivity contribution < 1.29 is 5.11 Å². The average molecular weight is 269 g/mol. The van der Waals surface area contributed by atoms with Gasteiger partial charge in [0, 0.05) is 30.9 Å². The van der Waals surface area contributed by atoms with E-state index in [-0.39, 0.29) is 6.61 Å². The Bertz CT molecular complexity index is 336. The van der Waals surface area contributed by atoms with Gasteiger partial charge in [-0.2, -0.15) is 0 Å². The monoisotopic (exact) mass is 269 g/mol. The number of aliphatic hydroxyl groups excluding tert-OH is 1. The van der Waals surface area contributed by atoms with Gasteiger partial charge in [0.2, 0.25) is 0 Å². The van der Waals surface area contributed by atoms with E-state index in [9.17, 15) is 0 Å². The Morgan fingerprint density at radius 2 is 2.17 bits per heavy atom. The number of aryl methyl sites for hydroxylation is 1. The van der Waals surface area contributed by atoms with Crippen LogP contribution in [-0.2, 0) is 6.42 Å². The van der Waals surface area contributed by atoms with Crippen LogP contribution in [-0.4, -0.2) is 33.5 Å². The van der Waals surface area contributed by atoms with E-state index in [1.54, 1.807) is 11.8 Å². The van der Waals surface area contributed by atoms with Crippen molar-refractivity contribution in [3.05, 3.63) is 11.9 Å². The summed E-state index contributed by atoms with van der Waals surface area (Å²) in [5, 5.41) is 13.5. The van der Waals surface area contributed by atoms with Crippen molar-refractivity contribution in [2.75, 3.05) is 18.5 Å². The lowest BCUT2D eigenvalue weighted by atomic mass is 10.3. The molecule has 18 heavy (non-hydrogen) atoms. The second-order valence-corrected chi connectivity index (χ2v) is 5.69. The van der Waals surface area contributed by atoms with E-state index < -0.39 is 0 Å². The predicted octanol–water partition coefficient (Wildman–Crippen LogP) is 2.72. The Hall–Kier alpha value is -0.810. The third kappa shape index (κ3) is 5.23. The van der Waals surface area contributed by atoms with Crippen molar-refractivity contribution in [3.63, 3.8) is 0 Å². The highest BCUT2D eigenvalue weighted by molar-refractivity contribution is 7.99. The lowest BCUT2D eigenvalue weighted by molar-refractivity contribution is 0.289. The maximum Gasteiger partial charge on any atom is 0.132 e. The molecule has 0 aliphatic rings. The highest BCUT2D eigenvalue weighted by Crippen LogP contribution is 2.25. The summed E-state index contributed by atoms with van der Waals surface area (Å²) < 4.78 is 0. The van der Waals surface area contributed by atoms with Gasteiger partial charge in [0.15, 0.2) is 0 Å². The van der Waals surface area contributed by atoms with Crippen LogP contribution >= 0.6 is 11.8 Å². The molecule has 0 aromatic carbocycles. The molecule has 0 saturated carbocycles. The molecule has 2 N–H and O–H groups in total. The molecule has 5 heteroatoms. The Morgan fingerprint density at radius 3 is 2.78 bits per heavy atom. The van der Waals surface area contributed by atoms with Gasteiger partial charge in [-0.05, 0) is 19.8 Å². The first-order chi connectivity index (χ1) is 8.69. The van der Waals surface area contributed by atoms with E-state index in [0.717, 1.165) is 42.5 Å². The van der Waals surface area contributed by atoms with Gasteiger partial charge >= 0.3 is 0 Å². The first-order valence-corrected chi connectivity index (χ1v) is 7.46. The molecule has 1 aromatic heterocycles. The van der Waals surface area contributed by atoms with Gasteiger partial charge in [-0.25, -0.2) is 9.97 Å². The van der Waals surface area contributed by atoms with Gasteiger partial charge in [-0.1, -0.05) is 13.8 Å². The van der Waals surface area contributed by atoms with Crippen LogP contribution in [0.4, 0.5) is 5.82 Å². The molecule has 0 spiro atoms. The van der Waals surface area contributed by atoms with Crippen molar-refractivity contribution in [2.24, 2.45) is 0 Å². The van der Waals surface area contributed by atoms with Crippen LogP contribution in [0.15, 0.2) is 11.1 Å². The van der Waals surface area contributed by atoms with E-state index in [4.69, 9.17) is 5.11 Å². The van der Waals surface area contributed by atoms with Gasteiger partial charge < -0.3 is 10.4 Å². The summed E-state index contributed by atoms with van der Waals surface area (Å²) in [5.74, 6) is 1.80. The van der Waals surface area contributed by atoms with Crippen LogP contribution in [0.3, 0.4) is 0 Å². The first-order valence-electron chi connectivity index (χ1n) is 6.58. The molecule has 0 aliphatic carbocycles. The molecule has 102 valence electrons. The van der Waals surface area contributed by atoms with Crippen LogP contribution in [0.2, 0.25) is 0 Å². The molecule has 0 radical (unpaired) electrons. The Kier molecular flexibility index (Phi) is 7.05. The lowest BCUT2D eigenvalue weighted by Gasteiger charge is -2.11. The highest BCUT2D eigenvalue weighted by atomic mass is 32.2. The van der Waals surface area contributed by atoms with Crippen LogP contribution in [0.1, 0.15) is 39.4 Å². The summed E-state index contributed by atoms with van der Waals surface area (Å²) in [4.78, 5) is 9.04. The summed E-state index contributed by atoms with van der Waals surface area (Å²) in [7, 11) is 0. The molecule has 0 bridgehead atoms. The molecule has 0 fully saturated rings. The maximum atomic E-state index is 8.93. The zero-order valence-corrected chi connectivity index (χ0v) is 12.3. The van der Waals surface area contributed by atoms with E-state index in [1.165, 1.54) is 0 Å². The standard InChI is InChI=1S/C13H23N3OS/c1-4-6-11-15-12(14-5-2)9-13(16-11)18-10(3)7-8-17/h9-10,17H,4-8H2,1-3H3,(H,14,15,16). The predicted molar refractivity (Wildman–Crippen MR) is 77.2 cm³/mol. The fourth-order valence-electron chi connectivity index (χ4n) is 1.59. The number of aromatic nitrogens is 2. The summed E-state index contributed by atoms with van der Waals surface area (Å²) >= 11 is 1.70. The number of anilines is 1. The molecule has 1 atom stereocenters. The lowest BCUT2D eigenvalue weighted by Crippen LogP contribution is -2.06. The molecule has 0 aliphatic heterocycles. The number of aliphatic hydroxyl groups is 1. The van der Waals surface area contributed by atoms with Gasteiger partial charge in [0.1, 0.15) is 16.7 Å². The summed E-state index contributed by atoms with van der Waals surface area (Å²) in [5.41, 5.74) is 0. The molecule has 0 saturated heterocycles. The zero-order valence-electron chi connectivity index (χ0n) is 11.4. The van der Waals surface area contributed by atoms with Crippen molar-refractivity contribution >= 4 is 17.6 Å². The van der Waals surface area contributed by atoms with Crippen LogP contribution in [0.5, 0.6) is 0 Å². The van der Waals surface area contributed by atoms with Crippen molar-refractivity contribution in [3.8, 4) is 0 Å². The van der Waals surface area contributed by atoms with E-state index in [2.05, 4.69) is 36.1 Å². The Morgan fingerprint density at radius 1 is 1.39 bits per heavy atom. The van der Waals surface area contributed by atoms with Crippen LogP contribution in [0.25, 0.3) is 0 Å². The fourth-order valence-corrected chi connectivity index (χ4v) is 2.56. The van der Waals surface area contributed by atoms with Gasteiger partial charge in [-0.3, -0.25) is 0 Å². The number of hydrogen-bond donors (Lipinski definition) is 2. The number of thioether (sulfide) groups is 1. The molecular weight excluding hydrogens is 246 g/mol. The number of hydrogen-bond acceptors (Lipinski definition) is 5. The molecule has 1 rings (SSSR count). The number of nitrogens with zero attached hydrogens (tertiary/aromatic N) is 2. The molecule has 0 amide bonds. The normalized spacial score (nSPS) is 12.4. The van der Waals surface area contributed by atoms with Crippen molar-refractivity contribution in [2.45, 2.75) is 50.3 Å². The third-order valence-corrected chi connectivity index (χ3v) is 3.53.